The minimum atomic E-state index is -0.286. The maximum atomic E-state index is 12.7. The highest BCUT2D eigenvalue weighted by atomic mass is 16.5. The zero-order valence-corrected chi connectivity index (χ0v) is 13.4. The van der Waals surface area contributed by atoms with Gasteiger partial charge in [0.15, 0.2) is 0 Å². The molecule has 0 radical (unpaired) electrons. The van der Waals surface area contributed by atoms with Gasteiger partial charge >= 0.3 is 0 Å². The summed E-state index contributed by atoms with van der Waals surface area (Å²) in [6.45, 7) is 1.83. The van der Waals surface area contributed by atoms with E-state index in [-0.39, 0.29) is 12.0 Å². The zero-order valence-electron chi connectivity index (χ0n) is 13.4. The van der Waals surface area contributed by atoms with E-state index in [1.54, 1.807) is 54.9 Å². The Balaban J connectivity index is 1.68. The summed E-state index contributed by atoms with van der Waals surface area (Å²) in [5, 5.41) is 0. The number of carbonyl (C=O) groups excluding carboxylic acids is 1. The summed E-state index contributed by atoms with van der Waals surface area (Å²) in [5.41, 5.74) is 0.607. The molecule has 126 valence electrons. The van der Waals surface area contributed by atoms with Crippen LogP contribution in [-0.2, 0) is 4.74 Å². The average molecular weight is 329 g/mol. The van der Waals surface area contributed by atoms with Crippen LogP contribution in [0, 0.1) is 0 Å². The third kappa shape index (κ3) is 3.99. The number of hydrogen-bond acceptors (Lipinski definition) is 6. The molecular formula is C17H19N3O4. The lowest BCUT2D eigenvalue weighted by molar-refractivity contribution is 0.0632. The van der Waals surface area contributed by atoms with Crippen molar-refractivity contribution in [3.8, 4) is 11.6 Å². The van der Waals surface area contributed by atoms with E-state index in [1.807, 2.05) is 0 Å². The molecule has 0 unspecified atom stereocenters. The monoisotopic (exact) mass is 329 g/mol. The lowest BCUT2D eigenvalue weighted by Crippen LogP contribution is -2.40. The van der Waals surface area contributed by atoms with E-state index in [1.165, 1.54) is 0 Å². The highest BCUT2D eigenvalue weighted by Gasteiger charge is 2.25. The van der Waals surface area contributed by atoms with Crippen LogP contribution in [0.15, 0.2) is 42.9 Å². The SMILES string of the molecule is COc1ccc(C(=O)N2CCOC[C@H](Oc3cnccn3)C2)cc1. The van der Waals surface area contributed by atoms with Gasteiger partial charge in [0.25, 0.3) is 5.91 Å². The summed E-state index contributed by atoms with van der Waals surface area (Å²) in [4.78, 5) is 22.5. The van der Waals surface area contributed by atoms with Crippen molar-refractivity contribution >= 4 is 5.91 Å². The second-order valence-electron chi connectivity index (χ2n) is 5.34. The van der Waals surface area contributed by atoms with Gasteiger partial charge in [0.1, 0.15) is 11.9 Å². The number of aromatic nitrogens is 2. The lowest BCUT2D eigenvalue weighted by Gasteiger charge is -2.24. The number of methoxy groups -OCH3 is 1. The molecule has 0 spiro atoms. The molecule has 1 aromatic heterocycles. The molecule has 1 aliphatic rings. The molecule has 0 saturated carbocycles. The first-order valence-corrected chi connectivity index (χ1v) is 7.70. The smallest absolute Gasteiger partial charge is 0.254 e. The molecule has 7 nitrogen and oxygen atoms in total. The molecule has 24 heavy (non-hydrogen) atoms. The molecule has 1 aliphatic heterocycles. The molecular weight excluding hydrogens is 310 g/mol. The van der Waals surface area contributed by atoms with Crippen molar-refractivity contribution in [1.29, 1.82) is 0 Å². The van der Waals surface area contributed by atoms with Gasteiger partial charge in [-0.2, -0.15) is 0 Å². The lowest BCUT2D eigenvalue weighted by atomic mass is 10.2. The average Bonchev–Trinajstić information content (AvgIpc) is 2.87. The van der Waals surface area contributed by atoms with E-state index in [9.17, 15) is 4.79 Å². The first kappa shape index (κ1) is 16.2. The minimum Gasteiger partial charge on any atom is -0.497 e. The van der Waals surface area contributed by atoms with Crippen LogP contribution < -0.4 is 9.47 Å². The van der Waals surface area contributed by atoms with E-state index < -0.39 is 0 Å². The van der Waals surface area contributed by atoms with Gasteiger partial charge in [-0.05, 0) is 24.3 Å². The predicted octanol–water partition coefficient (Wildman–Crippen LogP) is 1.41. The molecule has 0 N–H and O–H groups in total. The second kappa shape index (κ2) is 7.74. The Hall–Kier alpha value is -2.67. The fourth-order valence-corrected chi connectivity index (χ4v) is 2.47. The third-order valence-electron chi connectivity index (χ3n) is 3.68. The van der Waals surface area contributed by atoms with Gasteiger partial charge in [-0.3, -0.25) is 9.78 Å². The molecule has 0 aliphatic carbocycles. The maximum Gasteiger partial charge on any atom is 0.254 e. The molecule has 2 heterocycles. The molecule has 1 amide bonds. The van der Waals surface area contributed by atoms with Gasteiger partial charge in [0, 0.05) is 24.5 Å². The standard InChI is InChI=1S/C17H19N3O4/c1-22-14-4-2-13(3-5-14)17(21)20-8-9-23-12-15(11-20)24-16-10-18-6-7-19-16/h2-7,10,15H,8-9,11-12H2,1H3/t15-/m1/s1. The van der Waals surface area contributed by atoms with Crippen molar-refractivity contribution in [2.24, 2.45) is 0 Å². The van der Waals surface area contributed by atoms with Gasteiger partial charge in [-0.15, -0.1) is 0 Å². The third-order valence-corrected chi connectivity index (χ3v) is 3.68. The summed E-state index contributed by atoms with van der Waals surface area (Å²) in [6.07, 6.45) is 4.40. The van der Waals surface area contributed by atoms with Crippen LogP contribution in [0.2, 0.25) is 0 Å². The van der Waals surface area contributed by atoms with Crippen LogP contribution in [0.5, 0.6) is 11.6 Å². The Labute approximate surface area is 140 Å². The fourth-order valence-electron chi connectivity index (χ4n) is 2.47. The topological polar surface area (TPSA) is 73.8 Å². The minimum absolute atomic E-state index is 0.0594. The molecule has 1 aromatic carbocycles. The normalized spacial score (nSPS) is 17.9. The zero-order chi connectivity index (χ0) is 16.8. The van der Waals surface area contributed by atoms with Crippen molar-refractivity contribution in [1.82, 2.24) is 14.9 Å². The van der Waals surface area contributed by atoms with Crippen LogP contribution in [0.4, 0.5) is 0 Å². The summed E-state index contributed by atoms with van der Waals surface area (Å²) in [7, 11) is 1.59. The number of ether oxygens (including phenoxy) is 3. The van der Waals surface area contributed by atoms with E-state index in [0.717, 1.165) is 5.75 Å². The van der Waals surface area contributed by atoms with Crippen LogP contribution in [0.3, 0.4) is 0 Å². The van der Waals surface area contributed by atoms with E-state index in [2.05, 4.69) is 9.97 Å². The summed E-state index contributed by atoms with van der Waals surface area (Å²) < 4.78 is 16.4. The number of rotatable bonds is 4. The summed E-state index contributed by atoms with van der Waals surface area (Å²) in [5.74, 6) is 1.08. The highest BCUT2D eigenvalue weighted by Crippen LogP contribution is 2.15. The molecule has 3 rings (SSSR count). The largest absolute Gasteiger partial charge is 0.497 e. The number of amides is 1. The van der Waals surface area contributed by atoms with Crippen molar-refractivity contribution in [2.75, 3.05) is 33.4 Å². The predicted molar refractivity (Wildman–Crippen MR) is 86.2 cm³/mol. The number of benzene rings is 1. The molecule has 2 aromatic rings. The number of nitrogens with zero attached hydrogens (tertiary/aromatic N) is 3. The quantitative estimate of drug-likeness (QED) is 0.844. The van der Waals surface area contributed by atoms with Crippen molar-refractivity contribution < 1.29 is 19.0 Å². The van der Waals surface area contributed by atoms with Gasteiger partial charge in [0.05, 0.1) is 33.1 Å². The van der Waals surface area contributed by atoms with E-state index in [0.29, 0.717) is 37.7 Å². The fraction of sp³-hybridized carbons (Fsp3) is 0.353. The highest BCUT2D eigenvalue weighted by molar-refractivity contribution is 5.94. The van der Waals surface area contributed by atoms with Crippen LogP contribution >= 0.6 is 0 Å². The molecule has 1 atom stereocenters. The van der Waals surface area contributed by atoms with Gasteiger partial charge < -0.3 is 19.1 Å². The Bertz CT molecular complexity index is 663. The van der Waals surface area contributed by atoms with Crippen LogP contribution in [0.1, 0.15) is 10.4 Å². The van der Waals surface area contributed by atoms with Crippen LogP contribution in [0.25, 0.3) is 0 Å². The van der Waals surface area contributed by atoms with E-state index >= 15 is 0 Å². The van der Waals surface area contributed by atoms with Gasteiger partial charge in [0.2, 0.25) is 5.88 Å². The van der Waals surface area contributed by atoms with E-state index in [4.69, 9.17) is 14.2 Å². The molecule has 0 bridgehead atoms. The van der Waals surface area contributed by atoms with Crippen molar-refractivity contribution in [3.63, 3.8) is 0 Å². The Morgan fingerprint density at radius 1 is 1.29 bits per heavy atom. The summed E-state index contributed by atoms with van der Waals surface area (Å²) in [6, 6.07) is 7.06. The van der Waals surface area contributed by atoms with Crippen molar-refractivity contribution in [2.45, 2.75) is 6.10 Å². The Kier molecular flexibility index (Phi) is 5.22. The Morgan fingerprint density at radius 3 is 2.83 bits per heavy atom. The van der Waals surface area contributed by atoms with Crippen molar-refractivity contribution in [3.05, 3.63) is 48.4 Å². The first-order valence-electron chi connectivity index (χ1n) is 7.70. The van der Waals surface area contributed by atoms with Crippen LogP contribution in [-0.4, -0.2) is 60.3 Å². The summed E-state index contributed by atoms with van der Waals surface area (Å²) >= 11 is 0. The number of hydrogen-bond donors (Lipinski definition) is 0. The number of carbonyl (C=O) groups is 1. The molecule has 7 heteroatoms. The first-order chi connectivity index (χ1) is 11.8. The molecule has 1 fully saturated rings. The van der Waals surface area contributed by atoms with Gasteiger partial charge in [-0.1, -0.05) is 0 Å². The second-order valence-corrected chi connectivity index (χ2v) is 5.34. The molecule has 1 saturated heterocycles. The maximum absolute atomic E-state index is 12.7. The Morgan fingerprint density at radius 2 is 2.12 bits per heavy atom. The van der Waals surface area contributed by atoms with Gasteiger partial charge in [-0.25, -0.2) is 4.98 Å².